The molecule has 1 aromatic heterocycles. The largest absolute Gasteiger partial charge is 0.382 e. The van der Waals surface area contributed by atoms with Crippen LogP contribution in [0.1, 0.15) is 17.5 Å². The van der Waals surface area contributed by atoms with Crippen LogP contribution in [0.5, 0.6) is 0 Å². The Morgan fingerprint density at radius 2 is 1.86 bits per heavy atom. The zero-order valence-corrected chi connectivity index (χ0v) is 8.63. The Hall–Kier alpha value is -1.17. The third-order valence-electron chi connectivity index (χ3n) is 2.38. The first-order valence-corrected chi connectivity index (χ1v) is 6.23. The van der Waals surface area contributed by atoms with Crippen LogP contribution >= 0.6 is 0 Å². The standard InChI is InChI=1S/C8H11N3O2S/c1-14(12,13)8-6-4-2-3-5(6)7(9)10-11-8/h2-4H2,1H3,(H2,9,10). The van der Waals surface area contributed by atoms with Crippen molar-refractivity contribution in [3.8, 4) is 0 Å². The molecule has 1 aromatic rings. The summed E-state index contributed by atoms with van der Waals surface area (Å²) in [5.74, 6) is 0.366. The van der Waals surface area contributed by atoms with E-state index in [4.69, 9.17) is 5.73 Å². The van der Waals surface area contributed by atoms with Crippen LogP contribution in [0.3, 0.4) is 0 Å². The minimum absolute atomic E-state index is 0.0965. The Bertz CT molecular complexity index is 482. The van der Waals surface area contributed by atoms with Crippen molar-refractivity contribution in [3.63, 3.8) is 0 Å². The highest BCUT2D eigenvalue weighted by Crippen LogP contribution is 2.29. The van der Waals surface area contributed by atoms with Gasteiger partial charge in [0.05, 0.1) is 0 Å². The summed E-state index contributed by atoms with van der Waals surface area (Å²) in [5, 5.41) is 7.42. The third kappa shape index (κ3) is 1.35. The van der Waals surface area contributed by atoms with Gasteiger partial charge in [0.2, 0.25) is 0 Å². The normalized spacial score (nSPS) is 15.5. The number of anilines is 1. The molecule has 0 saturated carbocycles. The first-order valence-electron chi connectivity index (χ1n) is 4.34. The van der Waals surface area contributed by atoms with Crippen molar-refractivity contribution >= 4 is 15.7 Å². The molecular formula is C8H11N3O2S. The van der Waals surface area contributed by atoms with Crippen molar-refractivity contribution in [2.45, 2.75) is 24.3 Å². The van der Waals surface area contributed by atoms with Gasteiger partial charge in [-0.15, -0.1) is 10.2 Å². The molecule has 0 atom stereocenters. The maximum Gasteiger partial charge on any atom is 0.194 e. The van der Waals surface area contributed by atoms with Crippen LogP contribution in [-0.4, -0.2) is 24.9 Å². The molecule has 76 valence electrons. The van der Waals surface area contributed by atoms with Crippen molar-refractivity contribution in [1.29, 1.82) is 0 Å². The zero-order chi connectivity index (χ0) is 10.3. The molecule has 0 amide bonds. The van der Waals surface area contributed by atoms with E-state index < -0.39 is 9.84 Å². The number of nitrogens with two attached hydrogens (primary N) is 1. The van der Waals surface area contributed by atoms with E-state index in [0.717, 1.165) is 36.6 Å². The number of nitrogen functional groups attached to an aromatic ring is 1. The van der Waals surface area contributed by atoms with Gasteiger partial charge in [0, 0.05) is 11.8 Å². The maximum atomic E-state index is 11.4. The van der Waals surface area contributed by atoms with Gasteiger partial charge in [-0.2, -0.15) is 0 Å². The molecule has 0 aromatic carbocycles. The lowest BCUT2D eigenvalue weighted by Crippen LogP contribution is -2.09. The van der Waals surface area contributed by atoms with Gasteiger partial charge in [0.25, 0.3) is 0 Å². The van der Waals surface area contributed by atoms with Gasteiger partial charge in [0.15, 0.2) is 14.9 Å². The molecule has 0 fully saturated rings. The Kier molecular flexibility index (Phi) is 1.95. The highest BCUT2D eigenvalue weighted by Gasteiger charge is 2.24. The number of sulfone groups is 1. The molecule has 0 radical (unpaired) electrons. The van der Waals surface area contributed by atoms with Crippen LogP contribution in [-0.2, 0) is 22.7 Å². The molecule has 2 rings (SSSR count). The summed E-state index contributed by atoms with van der Waals surface area (Å²) in [5.41, 5.74) is 7.24. The monoisotopic (exact) mass is 213 g/mol. The van der Waals surface area contributed by atoms with Crippen molar-refractivity contribution in [1.82, 2.24) is 10.2 Å². The summed E-state index contributed by atoms with van der Waals surface area (Å²) in [4.78, 5) is 0. The van der Waals surface area contributed by atoms with Gasteiger partial charge in [-0.05, 0) is 24.8 Å². The number of hydrogen-bond donors (Lipinski definition) is 1. The molecule has 0 aliphatic heterocycles. The second-order valence-electron chi connectivity index (χ2n) is 3.47. The first kappa shape index (κ1) is 9.39. The molecule has 0 unspecified atom stereocenters. The predicted molar refractivity (Wildman–Crippen MR) is 51.6 cm³/mol. The lowest BCUT2D eigenvalue weighted by molar-refractivity contribution is 0.594. The van der Waals surface area contributed by atoms with Crippen molar-refractivity contribution < 1.29 is 8.42 Å². The molecule has 14 heavy (non-hydrogen) atoms. The highest BCUT2D eigenvalue weighted by atomic mass is 32.2. The first-order chi connectivity index (χ1) is 6.50. The fourth-order valence-electron chi connectivity index (χ4n) is 1.78. The average Bonchev–Trinajstić information content (AvgIpc) is 2.50. The predicted octanol–water partition coefficient (Wildman–Crippen LogP) is -0.0490. The molecule has 0 saturated heterocycles. The lowest BCUT2D eigenvalue weighted by Gasteiger charge is -2.05. The Morgan fingerprint density at radius 1 is 1.21 bits per heavy atom. The number of rotatable bonds is 1. The molecule has 2 N–H and O–H groups in total. The van der Waals surface area contributed by atoms with E-state index in [1.807, 2.05) is 0 Å². The van der Waals surface area contributed by atoms with Crippen LogP contribution in [0.2, 0.25) is 0 Å². The van der Waals surface area contributed by atoms with E-state index in [-0.39, 0.29) is 5.03 Å². The van der Waals surface area contributed by atoms with Gasteiger partial charge in [0.1, 0.15) is 5.82 Å². The SMILES string of the molecule is CS(=O)(=O)c1nnc(N)c2c1CCC2. The van der Waals surface area contributed by atoms with Crippen LogP contribution in [0.4, 0.5) is 5.82 Å². The van der Waals surface area contributed by atoms with Gasteiger partial charge >= 0.3 is 0 Å². The van der Waals surface area contributed by atoms with Crippen LogP contribution in [0.15, 0.2) is 5.03 Å². The molecule has 5 nitrogen and oxygen atoms in total. The number of nitrogens with zero attached hydrogens (tertiary/aromatic N) is 2. The molecule has 1 heterocycles. The van der Waals surface area contributed by atoms with E-state index >= 15 is 0 Å². The minimum Gasteiger partial charge on any atom is -0.382 e. The van der Waals surface area contributed by atoms with Crippen molar-refractivity contribution in [2.75, 3.05) is 12.0 Å². The Morgan fingerprint density at radius 3 is 2.50 bits per heavy atom. The van der Waals surface area contributed by atoms with E-state index in [2.05, 4.69) is 10.2 Å². The second kappa shape index (κ2) is 2.91. The second-order valence-corrected chi connectivity index (χ2v) is 5.40. The molecular weight excluding hydrogens is 202 g/mol. The van der Waals surface area contributed by atoms with Crippen molar-refractivity contribution in [3.05, 3.63) is 11.1 Å². The number of fused-ring (bicyclic) bond motifs is 1. The summed E-state index contributed by atoms with van der Waals surface area (Å²) in [7, 11) is -3.27. The summed E-state index contributed by atoms with van der Waals surface area (Å²) >= 11 is 0. The van der Waals surface area contributed by atoms with Crippen LogP contribution in [0, 0.1) is 0 Å². The van der Waals surface area contributed by atoms with E-state index in [9.17, 15) is 8.42 Å². The number of hydrogen-bond acceptors (Lipinski definition) is 5. The zero-order valence-electron chi connectivity index (χ0n) is 7.82. The molecule has 0 bridgehead atoms. The summed E-state index contributed by atoms with van der Waals surface area (Å²) in [6.07, 6.45) is 3.61. The maximum absolute atomic E-state index is 11.4. The quantitative estimate of drug-likeness (QED) is 0.707. The molecule has 0 spiro atoms. The average molecular weight is 213 g/mol. The van der Waals surface area contributed by atoms with Crippen LogP contribution < -0.4 is 5.73 Å². The van der Waals surface area contributed by atoms with Gasteiger partial charge < -0.3 is 5.73 Å². The Labute approximate surface area is 82.3 Å². The molecule has 1 aliphatic rings. The molecule has 1 aliphatic carbocycles. The topological polar surface area (TPSA) is 85.9 Å². The fourth-order valence-corrected chi connectivity index (χ4v) is 2.64. The summed E-state index contributed by atoms with van der Waals surface area (Å²) < 4.78 is 22.7. The van der Waals surface area contributed by atoms with E-state index in [1.54, 1.807) is 0 Å². The third-order valence-corrected chi connectivity index (χ3v) is 3.42. The molecule has 6 heteroatoms. The Balaban J connectivity index is 2.72. The minimum atomic E-state index is -3.27. The van der Waals surface area contributed by atoms with E-state index in [1.165, 1.54) is 0 Å². The fraction of sp³-hybridized carbons (Fsp3) is 0.500. The lowest BCUT2D eigenvalue weighted by atomic mass is 10.2. The van der Waals surface area contributed by atoms with Crippen LogP contribution in [0.25, 0.3) is 0 Å². The summed E-state index contributed by atoms with van der Waals surface area (Å²) in [6, 6.07) is 0. The smallest absolute Gasteiger partial charge is 0.194 e. The van der Waals surface area contributed by atoms with Crippen molar-refractivity contribution in [2.24, 2.45) is 0 Å². The van der Waals surface area contributed by atoms with Gasteiger partial charge in [-0.25, -0.2) is 8.42 Å². The summed E-state index contributed by atoms with van der Waals surface area (Å²) in [6.45, 7) is 0. The number of aromatic nitrogens is 2. The van der Waals surface area contributed by atoms with Gasteiger partial charge in [-0.3, -0.25) is 0 Å². The van der Waals surface area contributed by atoms with E-state index in [0.29, 0.717) is 5.82 Å². The van der Waals surface area contributed by atoms with Gasteiger partial charge in [-0.1, -0.05) is 0 Å². The highest BCUT2D eigenvalue weighted by molar-refractivity contribution is 7.90.